The largest absolute Gasteiger partial charge is 0.478 e. The molecule has 0 saturated heterocycles. The van der Waals surface area contributed by atoms with Crippen LogP contribution in [0.25, 0.3) is 11.3 Å². The van der Waals surface area contributed by atoms with Crippen LogP contribution in [0, 0.1) is 12.7 Å². The Morgan fingerprint density at radius 2 is 2.05 bits per heavy atom. The maximum atomic E-state index is 13.5. The van der Waals surface area contributed by atoms with Crippen molar-refractivity contribution in [2.75, 3.05) is 0 Å². The van der Waals surface area contributed by atoms with Gasteiger partial charge in [-0.25, -0.2) is 19.2 Å². The highest BCUT2D eigenvalue weighted by molar-refractivity contribution is 6.32. The van der Waals surface area contributed by atoms with Crippen LogP contribution in [0.1, 0.15) is 26.5 Å². The number of benzene rings is 1. The van der Waals surface area contributed by atoms with Crippen LogP contribution >= 0.6 is 11.6 Å². The van der Waals surface area contributed by atoms with E-state index in [4.69, 9.17) is 16.7 Å². The van der Waals surface area contributed by atoms with Crippen molar-refractivity contribution >= 4 is 23.9 Å². The standard InChI is InChI=1S/C13H8ClFN2O3/c1-6-16-11(10(5-18)12(14)17-6)7-2-8(13(19)20)4-9(15)3-7/h2-5H,1H3,(H,19,20). The molecule has 5 nitrogen and oxygen atoms in total. The van der Waals surface area contributed by atoms with Crippen molar-refractivity contribution in [2.24, 2.45) is 0 Å². The quantitative estimate of drug-likeness (QED) is 0.695. The van der Waals surface area contributed by atoms with Gasteiger partial charge in [0.15, 0.2) is 6.29 Å². The Morgan fingerprint density at radius 1 is 1.35 bits per heavy atom. The van der Waals surface area contributed by atoms with Crippen molar-refractivity contribution in [3.05, 3.63) is 46.1 Å². The smallest absolute Gasteiger partial charge is 0.335 e. The highest BCUT2D eigenvalue weighted by Crippen LogP contribution is 2.26. The highest BCUT2D eigenvalue weighted by atomic mass is 35.5. The van der Waals surface area contributed by atoms with E-state index in [1.165, 1.54) is 6.07 Å². The summed E-state index contributed by atoms with van der Waals surface area (Å²) in [6, 6.07) is 3.18. The summed E-state index contributed by atoms with van der Waals surface area (Å²) in [6.07, 6.45) is 0.447. The van der Waals surface area contributed by atoms with Crippen molar-refractivity contribution in [2.45, 2.75) is 6.92 Å². The van der Waals surface area contributed by atoms with E-state index in [0.29, 0.717) is 6.29 Å². The number of carboxylic acids is 1. The molecule has 0 radical (unpaired) electrons. The second-order valence-electron chi connectivity index (χ2n) is 3.98. The van der Waals surface area contributed by atoms with Crippen LogP contribution in [0.2, 0.25) is 5.15 Å². The van der Waals surface area contributed by atoms with Crippen LogP contribution in [-0.2, 0) is 0 Å². The van der Waals surface area contributed by atoms with Crippen LogP contribution in [0.3, 0.4) is 0 Å². The number of aryl methyl sites for hydroxylation is 1. The molecule has 0 fully saturated rings. The molecule has 0 amide bonds. The Bertz CT molecular complexity index is 719. The number of halogens is 2. The van der Waals surface area contributed by atoms with Gasteiger partial charge in [0.05, 0.1) is 16.8 Å². The molecule has 102 valence electrons. The normalized spacial score (nSPS) is 10.3. The Balaban J connectivity index is 2.74. The molecule has 0 atom stereocenters. The van der Waals surface area contributed by atoms with Gasteiger partial charge in [-0.1, -0.05) is 11.6 Å². The number of aldehydes is 1. The van der Waals surface area contributed by atoms with Crippen LogP contribution in [0.5, 0.6) is 0 Å². The van der Waals surface area contributed by atoms with Gasteiger partial charge in [0.2, 0.25) is 0 Å². The minimum Gasteiger partial charge on any atom is -0.478 e. The molecule has 1 heterocycles. The first-order chi connectivity index (χ1) is 9.42. The summed E-state index contributed by atoms with van der Waals surface area (Å²) in [5.74, 6) is -1.74. The number of carbonyl (C=O) groups is 2. The zero-order valence-electron chi connectivity index (χ0n) is 10.2. The minimum atomic E-state index is -1.28. The first-order valence-corrected chi connectivity index (χ1v) is 5.83. The van der Waals surface area contributed by atoms with Crippen LogP contribution in [0.4, 0.5) is 4.39 Å². The lowest BCUT2D eigenvalue weighted by atomic mass is 10.0. The molecule has 7 heteroatoms. The number of aromatic carboxylic acids is 1. The van der Waals surface area contributed by atoms with E-state index in [2.05, 4.69) is 9.97 Å². The van der Waals surface area contributed by atoms with E-state index in [1.807, 2.05) is 0 Å². The third kappa shape index (κ3) is 2.65. The fraction of sp³-hybridized carbons (Fsp3) is 0.0769. The predicted molar refractivity (Wildman–Crippen MR) is 69.5 cm³/mol. The molecule has 1 aromatic carbocycles. The van der Waals surface area contributed by atoms with Gasteiger partial charge in [0.25, 0.3) is 0 Å². The summed E-state index contributed by atoms with van der Waals surface area (Å²) in [4.78, 5) is 29.8. The van der Waals surface area contributed by atoms with E-state index < -0.39 is 11.8 Å². The Kier molecular flexibility index (Phi) is 3.76. The lowest BCUT2D eigenvalue weighted by Gasteiger charge is -2.08. The third-order valence-corrected chi connectivity index (χ3v) is 2.84. The van der Waals surface area contributed by atoms with Crippen molar-refractivity contribution in [3.63, 3.8) is 0 Å². The second-order valence-corrected chi connectivity index (χ2v) is 4.33. The lowest BCUT2D eigenvalue weighted by molar-refractivity contribution is 0.0696. The first kappa shape index (κ1) is 14.1. The SMILES string of the molecule is Cc1nc(Cl)c(C=O)c(-c2cc(F)cc(C(=O)O)c2)n1. The van der Waals surface area contributed by atoms with E-state index in [0.717, 1.165) is 12.1 Å². The Morgan fingerprint density at radius 3 is 2.65 bits per heavy atom. The molecule has 1 aromatic heterocycles. The van der Waals surface area contributed by atoms with Gasteiger partial charge < -0.3 is 5.11 Å². The van der Waals surface area contributed by atoms with Gasteiger partial charge in [-0.15, -0.1) is 0 Å². The van der Waals surface area contributed by atoms with Crippen LogP contribution in [-0.4, -0.2) is 27.3 Å². The Labute approximate surface area is 118 Å². The van der Waals surface area contributed by atoms with Gasteiger partial charge in [0, 0.05) is 5.56 Å². The van der Waals surface area contributed by atoms with Gasteiger partial charge in [-0.05, 0) is 25.1 Å². The molecule has 2 rings (SSSR count). The lowest BCUT2D eigenvalue weighted by Crippen LogP contribution is -2.02. The molecule has 2 aromatic rings. The van der Waals surface area contributed by atoms with Gasteiger partial charge in [-0.2, -0.15) is 0 Å². The van der Waals surface area contributed by atoms with E-state index in [1.54, 1.807) is 6.92 Å². The number of rotatable bonds is 3. The number of nitrogens with zero attached hydrogens (tertiary/aromatic N) is 2. The number of carboxylic acid groups (broad SMARTS) is 1. The van der Waals surface area contributed by atoms with Gasteiger partial charge in [-0.3, -0.25) is 4.79 Å². The number of hydrogen-bond donors (Lipinski definition) is 1. The van der Waals surface area contributed by atoms with E-state index in [-0.39, 0.29) is 33.4 Å². The van der Waals surface area contributed by atoms with Crippen molar-refractivity contribution in [1.29, 1.82) is 0 Å². The van der Waals surface area contributed by atoms with Crippen LogP contribution < -0.4 is 0 Å². The maximum absolute atomic E-state index is 13.5. The summed E-state index contributed by atoms with van der Waals surface area (Å²) in [6.45, 7) is 1.56. The van der Waals surface area contributed by atoms with Gasteiger partial charge >= 0.3 is 5.97 Å². The fourth-order valence-corrected chi connectivity index (χ4v) is 1.98. The van der Waals surface area contributed by atoms with Crippen molar-refractivity contribution in [3.8, 4) is 11.3 Å². The zero-order valence-corrected chi connectivity index (χ0v) is 11.0. The van der Waals surface area contributed by atoms with E-state index >= 15 is 0 Å². The fourth-order valence-electron chi connectivity index (χ4n) is 1.72. The summed E-state index contributed by atoms with van der Waals surface area (Å²) >= 11 is 5.83. The third-order valence-electron chi connectivity index (χ3n) is 2.55. The van der Waals surface area contributed by atoms with Crippen molar-refractivity contribution < 1.29 is 19.1 Å². The number of aromatic nitrogens is 2. The molecule has 0 aliphatic heterocycles. The van der Waals surface area contributed by atoms with Gasteiger partial charge in [0.1, 0.15) is 16.8 Å². The Hall–Kier alpha value is -2.34. The topological polar surface area (TPSA) is 80.2 Å². The summed E-state index contributed by atoms with van der Waals surface area (Å²) in [5.41, 5.74) is -0.0140. The molecule has 20 heavy (non-hydrogen) atoms. The first-order valence-electron chi connectivity index (χ1n) is 5.46. The average Bonchev–Trinajstić information content (AvgIpc) is 2.37. The minimum absolute atomic E-state index is 0.0146. The highest BCUT2D eigenvalue weighted by Gasteiger charge is 2.16. The average molecular weight is 295 g/mol. The maximum Gasteiger partial charge on any atom is 0.335 e. The summed E-state index contributed by atoms with van der Waals surface area (Å²) in [7, 11) is 0. The van der Waals surface area contributed by atoms with E-state index in [9.17, 15) is 14.0 Å². The van der Waals surface area contributed by atoms with Crippen LogP contribution in [0.15, 0.2) is 18.2 Å². The molecule has 0 unspecified atom stereocenters. The predicted octanol–water partition coefficient (Wildman–Crippen LogP) is 2.76. The molecule has 0 saturated carbocycles. The summed E-state index contributed by atoms with van der Waals surface area (Å²) < 4.78 is 13.5. The molecule has 1 N–H and O–H groups in total. The second kappa shape index (κ2) is 5.34. The molecule has 0 aliphatic carbocycles. The monoisotopic (exact) mass is 294 g/mol. The molecular weight excluding hydrogens is 287 g/mol. The molecule has 0 spiro atoms. The molecule has 0 aliphatic rings. The molecule has 0 bridgehead atoms. The number of carbonyl (C=O) groups excluding carboxylic acids is 1. The zero-order chi connectivity index (χ0) is 14.9. The molecular formula is C13H8ClFN2O3. The number of hydrogen-bond acceptors (Lipinski definition) is 4. The van der Waals surface area contributed by atoms with Crippen molar-refractivity contribution in [1.82, 2.24) is 9.97 Å². The summed E-state index contributed by atoms with van der Waals surface area (Å²) in [5, 5.41) is 8.86.